The highest BCUT2D eigenvalue weighted by atomic mass is 19.4. The maximum atomic E-state index is 15.9. The van der Waals surface area contributed by atoms with Crippen molar-refractivity contribution in [3.8, 4) is 11.1 Å². The van der Waals surface area contributed by atoms with Gasteiger partial charge < -0.3 is 22.9 Å². The summed E-state index contributed by atoms with van der Waals surface area (Å²) in [7, 11) is 0. The molecule has 1 aliphatic rings. The van der Waals surface area contributed by atoms with Crippen LogP contribution in [0.3, 0.4) is 0 Å². The molecule has 1 atom stereocenters. The van der Waals surface area contributed by atoms with E-state index in [2.05, 4.69) is 0 Å². The Kier molecular flexibility index (Phi) is 7.14. The van der Waals surface area contributed by atoms with E-state index in [1.54, 1.807) is 6.92 Å². The number of rotatable bonds is 4. The number of hydrogen-bond acceptors (Lipinski definition) is 5. The van der Waals surface area contributed by atoms with E-state index in [-0.39, 0.29) is 22.1 Å². The molecule has 4 rings (SSSR count). The number of benzene rings is 3. The Morgan fingerprint density at radius 2 is 1.48 bits per heavy atom. The summed E-state index contributed by atoms with van der Waals surface area (Å²) >= 11 is 0. The van der Waals surface area contributed by atoms with E-state index in [1.165, 1.54) is 42.5 Å². The molecule has 0 heterocycles. The van der Waals surface area contributed by atoms with Crippen LogP contribution in [0.5, 0.6) is 0 Å². The van der Waals surface area contributed by atoms with Crippen LogP contribution in [0.1, 0.15) is 23.6 Å². The first-order chi connectivity index (χ1) is 18.4. The summed E-state index contributed by atoms with van der Waals surface area (Å²) in [5, 5.41) is 0.0165. The predicted octanol–water partition coefficient (Wildman–Crippen LogP) is 7.00. The molecule has 0 fully saturated rings. The van der Waals surface area contributed by atoms with Crippen LogP contribution in [0.2, 0.25) is 0 Å². The van der Waals surface area contributed by atoms with Crippen LogP contribution in [0.4, 0.5) is 53.6 Å². The smallest absolute Gasteiger partial charge is 0.399 e. The monoisotopic (exact) mass is 565 g/mol. The number of nitrogen functional groups attached to an aromatic ring is 2. The lowest BCUT2D eigenvalue weighted by molar-refractivity contribution is -0.137. The van der Waals surface area contributed by atoms with Crippen molar-refractivity contribution in [3.63, 3.8) is 0 Å². The zero-order valence-corrected chi connectivity index (χ0v) is 21.3. The molecule has 1 aliphatic carbocycles. The van der Waals surface area contributed by atoms with Crippen LogP contribution in [0.15, 0.2) is 72.3 Å². The Hall–Kier alpha value is -4.03. The van der Waals surface area contributed by atoms with Crippen molar-refractivity contribution >= 4 is 28.3 Å². The molecule has 40 heavy (non-hydrogen) atoms. The van der Waals surface area contributed by atoms with E-state index in [9.17, 15) is 26.3 Å². The molecule has 1 unspecified atom stereocenters. The van der Waals surface area contributed by atoms with Crippen molar-refractivity contribution in [2.75, 3.05) is 16.6 Å². The average molecular weight is 566 g/mol. The predicted molar refractivity (Wildman–Crippen MR) is 143 cm³/mol. The third kappa shape index (κ3) is 5.24. The van der Waals surface area contributed by atoms with Gasteiger partial charge in [-0.15, -0.1) is 0 Å². The maximum Gasteiger partial charge on any atom is 0.417 e. The van der Waals surface area contributed by atoms with Gasteiger partial charge in [0.15, 0.2) is 0 Å². The summed E-state index contributed by atoms with van der Waals surface area (Å²) in [6, 6.07) is 10.9. The topological polar surface area (TPSA) is 107 Å². The third-order valence-electron chi connectivity index (χ3n) is 6.96. The summed E-state index contributed by atoms with van der Waals surface area (Å²) in [6.45, 7) is 2.63. The second-order valence-electron chi connectivity index (χ2n) is 9.70. The van der Waals surface area contributed by atoms with Crippen LogP contribution in [-0.2, 0) is 6.18 Å². The highest BCUT2D eigenvalue weighted by molar-refractivity contribution is 5.92. The molecule has 0 aromatic heterocycles. The van der Waals surface area contributed by atoms with Gasteiger partial charge in [-0.1, -0.05) is 29.6 Å². The highest BCUT2D eigenvalue weighted by Gasteiger charge is 2.48. The van der Waals surface area contributed by atoms with Gasteiger partial charge in [-0.3, -0.25) is 0 Å². The van der Waals surface area contributed by atoms with E-state index in [0.29, 0.717) is 11.3 Å². The largest absolute Gasteiger partial charge is 0.417 e. The summed E-state index contributed by atoms with van der Waals surface area (Å²) in [6.07, 6.45) is -8.44. The molecule has 5 nitrogen and oxygen atoms in total. The fraction of sp³-hybridized carbons (Fsp3) is 0.214. The van der Waals surface area contributed by atoms with Crippen molar-refractivity contribution in [1.29, 1.82) is 0 Å². The van der Waals surface area contributed by atoms with Gasteiger partial charge in [0, 0.05) is 28.4 Å². The lowest BCUT2D eigenvalue weighted by Gasteiger charge is -2.36. The van der Waals surface area contributed by atoms with Crippen molar-refractivity contribution in [3.05, 3.63) is 89.0 Å². The molecule has 3 aromatic carbocycles. The third-order valence-corrected chi connectivity index (χ3v) is 6.96. The molecule has 0 spiro atoms. The second-order valence-corrected chi connectivity index (χ2v) is 9.70. The Labute approximate surface area is 225 Å². The van der Waals surface area contributed by atoms with Crippen LogP contribution in [-0.4, -0.2) is 11.8 Å². The molecule has 212 valence electrons. The Morgan fingerprint density at radius 1 is 0.850 bits per heavy atom. The summed E-state index contributed by atoms with van der Waals surface area (Å²) in [4.78, 5) is 0. The van der Waals surface area contributed by atoms with E-state index >= 15 is 4.48 Å². The molecule has 0 amide bonds. The molecular formula is C28H26F7N5. The molecular weight excluding hydrogens is 539 g/mol. The lowest BCUT2D eigenvalue weighted by atomic mass is 9.77. The molecule has 0 saturated carbocycles. The van der Waals surface area contributed by atoms with Crippen molar-refractivity contribution in [2.24, 2.45) is 17.4 Å². The van der Waals surface area contributed by atoms with Gasteiger partial charge in [0.25, 0.3) is 0 Å². The van der Waals surface area contributed by atoms with Crippen molar-refractivity contribution < 1.29 is 30.8 Å². The van der Waals surface area contributed by atoms with Gasteiger partial charge in [-0.2, -0.15) is 31.5 Å². The van der Waals surface area contributed by atoms with Gasteiger partial charge >= 0.3 is 12.4 Å². The fourth-order valence-electron chi connectivity index (χ4n) is 4.72. The molecule has 0 saturated heterocycles. The first kappa shape index (κ1) is 29.0. The Morgan fingerprint density at radius 3 is 2.02 bits per heavy atom. The quantitative estimate of drug-likeness (QED) is 0.118. The first-order valence-electron chi connectivity index (χ1n) is 11.9. The number of nitrogens with two attached hydrogens (primary N) is 4. The molecule has 8 N–H and O–H groups in total. The van der Waals surface area contributed by atoms with Crippen LogP contribution < -0.4 is 28.1 Å². The normalized spacial score (nSPS) is 17.3. The average Bonchev–Trinajstić information content (AvgIpc) is 2.85. The number of halogens is 7. The Bertz CT molecular complexity index is 1500. The Balaban J connectivity index is 2.14. The van der Waals surface area contributed by atoms with Gasteiger partial charge in [-0.25, -0.2) is 0 Å². The van der Waals surface area contributed by atoms with Crippen molar-refractivity contribution in [2.45, 2.75) is 31.9 Å². The van der Waals surface area contributed by atoms with Crippen LogP contribution in [0.25, 0.3) is 16.7 Å². The minimum Gasteiger partial charge on any atom is -0.399 e. The second kappa shape index (κ2) is 9.86. The van der Waals surface area contributed by atoms with E-state index in [4.69, 9.17) is 22.9 Å². The van der Waals surface area contributed by atoms with Crippen LogP contribution in [0, 0.1) is 12.8 Å². The number of anilines is 4. The molecule has 12 heteroatoms. The minimum absolute atomic E-state index is 0.0165. The highest BCUT2D eigenvalue weighted by Crippen LogP contribution is 2.51. The SMILES string of the molecule is Cc1cc(-c2c(N(F)c3ccc(N)cc3)ccc(C3=C(C(F)(F)F)C(C)C(N)(N)C=C3)c2C(F)(F)F)ccc1N. The number of alkyl halides is 6. The van der Waals surface area contributed by atoms with Gasteiger partial charge in [0.1, 0.15) is 0 Å². The molecule has 0 radical (unpaired) electrons. The van der Waals surface area contributed by atoms with Gasteiger partial charge in [0.05, 0.1) is 22.6 Å². The number of aryl methyl sites for hydroxylation is 1. The molecule has 0 bridgehead atoms. The van der Waals surface area contributed by atoms with Crippen LogP contribution >= 0.6 is 0 Å². The standard InChI is InChI=1S/C28H26F7N5/c1-14-13-16(3-9-21(14)37)23-22(40(35)18-6-4-17(36)5-7-18)10-8-19(25(23)28(32,33)34)20-11-12-26(38,39)15(2)24(20)27(29,30)31/h3-13,15H,36-39H2,1-2H3. The minimum atomic E-state index is -5.22. The maximum absolute atomic E-state index is 15.9. The van der Waals surface area contributed by atoms with Crippen molar-refractivity contribution in [1.82, 2.24) is 0 Å². The summed E-state index contributed by atoms with van der Waals surface area (Å²) in [5.41, 5.74) is 16.3. The number of allylic oxidation sites excluding steroid dienone is 2. The van der Waals surface area contributed by atoms with E-state index < -0.39 is 57.5 Å². The first-order valence-corrected chi connectivity index (χ1v) is 11.9. The number of nitrogens with zero attached hydrogens (tertiary/aromatic N) is 1. The van der Waals surface area contributed by atoms with Gasteiger partial charge in [-0.05, 0) is 77.7 Å². The van der Waals surface area contributed by atoms with E-state index in [0.717, 1.165) is 31.2 Å². The van der Waals surface area contributed by atoms with E-state index in [1.807, 2.05) is 0 Å². The van der Waals surface area contributed by atoms with Gasteiger partial charge in [0.2, 0.25) is 0 Å². The molecule has 3 aromatic rings. The lowest BCUT2D eigenvalue weighted by Crippen LogP contribution is -2.56. The fourth-order valence-corrected chi connectivity index (χ4v) is 4.72. The zero-order valence-electron chi connectivity index (χ0n) is 21.3. The molecule has 0 aliphatic heterocycles. The zero-order chi connectivity index (χ0) is 29.8. The summed E-state index contributed by atoms with van der Waals surface area (Å²) < 4.78 is 104. The summed E-state index contributed by atoms with van der Waals surface area (Å²) in [5.74, 6) is -1.59. The number of hydrogen-bond donors (Lipinski definition) is 4.